The molecule has 0 bridgehead atoms. The Bertz CT molecular complexity index is 854. The lowest BCUT2D eigenvalue weighted by Gasteiger charge is -2.20. The van der Waals surface area contributed by atoms with Crippen molar-refractivity contribution in [3.8, 4) is 5.82 Å². The third kappa shape index (κ3) is 3.59. The number of anilines is 1. The van der Waals surface area contributed by atoms with E-state index in [9.17, 15) is 4.79 Å². The molecule has 25 heavy (non-hydrogen) atoms. The molecule has 3 aromatic heterocycles. The maximum atomic E-state index is 12.5. The molecule has 3 aromatic rings. The first-order chi connectivity index (χ1) is 12.3. The Hall–Kier alpha value is -2.58. The molecule has 1 aliphatic heterocycles. The zero-order valence-corrected chi connectivity index (χ0v) is 14.4. The fraction of sp³-hybridized carbons (Fsp3) is 0.294. The summed E-state index contributed by atoms with van der Waals surface area (Å²) in [7, 11) is 0. The van der Waals surface area contributed by atoms with Crippen LogP contribution >= 0.6 is 11.3 Å². The second-order valence-electron chi connectivity index (χ2n) is 5.88. The first kappa shape index (κ1) is 15.9. The molecule has 7 nitrogen and oxygen atoms in total. The highest BCUT2D eigenvalue weighted by atomic mass is 32.1. The molecule has 0 spiro atoms. The van der Waals surface area contributed by atoms with Crippen molar-refractivity contribution >= 4 is 22.4 Å². The summed E-state index contributed by atoms with van der Waals surface area (Å²) in [4.78, 5) is 22.4. The molecule has 8 heteroatoms. The molecule has 1 amide bonds. The maximum absolute atomic E-state index is 12.5. The predicted octanol–water partition coefficient (Wildman–Crippen LogP) is 2.44. The summed E-state index contributed by atoms with van der Waals surface area (Å²) in [5.41, 5.74) is 0.339. The molecule has 0 aliphatic carbocycles. The van der Waals surface area contributed by atoms with Gasteiger partial charge in [-0.1, -0.05) is 6.07 Å². The highest BCUT2D eigenvalue weighted by molar-refractivity contribution is 7.15. The standard InChI is InChI=1S/C17H18N6OS/c24-16(13-3-1-4-15(21-13)23-10-2-7-20-23)22-17-19-11-14(25-17)12-5-8-18-9-6-12/h1-4,7,10-12,18H,5-6,8-9H2,(H,19,22,24). The molecule has 1 aliphatic rings. The van der Waals surface area contributed by atoms with E-state index < -0.39 is 0 Å². The quantitative estimate of drug-likeness (QED) is 0.752. The zero-order chi connectivity index (χ0) is 17.1. The van der Waals surface area contributed by atoms with E-state index in [0.717, 1.165) is 25.9 Å². The summed E-state index contributed by atoms with van der Waals surface area (Å²) < 4.78 is 1.62. The smallest absolute Gasteiger partial charge is 0.276 e. The van der Waals surface area contributed by atoms with Gasteiger partial charge in [-0.2, -0.15) is 5.10 Å². The average Bonchev–Trinajstić information content (AvgIpc) is 3.35. The Labute approximate surface area is 149 Å². The van der Waals surface area contributed by atoms with Gasteiger partial charge in [0.05, 0.1) is 0 Å². The summed E-state index contributed by atoms with van der Waals surface area (Å²) in [6.45, 7) is 2.07. The topological polar surface area (TPSA) is 84.7 Å². The predicted molar refractivity (Wildman–Crippen MR) is 96.3 cm³/mol. The van der Waals surface area contributed by atoms with Crippen LogP contribution in [0.5, 0.6) is 0 Å². The van der Waals surface area contributed by atoms with Crippen LogP contribution in [0.2, 0.25) is 0 Å². The fourth-order valence-electron chi connectivity index (χ4n) is 2.88. The Morgan fingerprint density at radius 3 is 2.96 bits per heavy atom. The van der Waals surface area contributed by atoms with Gasteiger partial charge in [0.25, 0.3) is 5.91 Å². The van der Waals surface area contributed by atoms with Gasteiger partial charge < -0.3 is 5.32 Å². The van der Waals surface area contributed by atoms with E-state index >= 15 is 0 Å². The first-order valence-corrected chi connectivity index (χ1v) is 9.06. The molecule has 2 N–H and O–H groups in total. The van der Waals surface area contributed by atoms with Gasteiger partial charge in [-0.05, 0) is 50.0 Å². The van der Waals surface area contributed by atoms with Crippen LogP contribution in [0.4, 0.5) is 5.13 Å². The van der Waals surface area contributed by atoms with Gasteiger partial charge in [0.1, 0.15) is 5.69 Å². The molecule has 4 heterocycles. The van der Waals surface area contributed by atoms with E-state index in [0.29, 0.717) is 22.6 Å². The highest BCUT2D eigenvalue weighted by Crippen LogP contribution is 2.31. The lowest BCUT2D eigenvalue weighted by Crippen LogP contribution is -2.26. The second kappa shape index (κ2) is 7.12. The van der Waals surface area contributed by atoms with Crippen molar-refractivity contribution < 1.29 is 4.79 Å². The van der Waals surface area contributed by atoms with E-state index in [1.807, 2.05) is 18.3 Å². The van der Waals surface area contributed by atoms with Crippen molar-refractivity contribution in [2.45, 2.75) is 18.8 Å². The molecule has 128 valence electrons. The van der Waals surface area contributed by atoms with Gasteiger partial charge in [-0.3, -0.25) is 10.1 Å². The van der Waals surface area contributed by atoms with Crippen LogP contribution in [-0.4, -0.2) is 38.7 Å². The van der Waals surface area contributed by atoms with Crippen LogP contribution in [-0.2, 0) is 0 Å². The monoisotopic (exact) mass is 354 g/mol. The third-order valence-corrected chi connectivity index (χ3v) is 5.27. The zero-order valence-electron chi connectivity index (χ0n) is 13.6. The molecule has 0 radical (unpaired) electrons. The number of carbonyl (C=O) groups excluding carboxylic acids is 1. The minimum Gasteiger partial charge on any atom is -0.317 e. The van der Waals surface area contributed by atoms with Crippen LogP contribution in [0.3, 0.4) is 0 Å². The van der Waals surface area contributed by atoms with Crippen LogP contribution in [0.15, 0.2) is 42.9 Å². The van der Waals surface area contributed by atoms with Gasteiger partial charge in [0.15, 0.2) is 10.9 Å². The first-order valence-electron chi connectivity index (χ1n) is 8.24. The SMILES string of the molecule is O=C(Nc1ncc(C2CCNCC2)s1)c1cccc(-n2cccn2)n1. The molecule has 0 saturated carbocycles. The second-order valence-corrected chi connectivity index (χ2v) is 6.94. The van der Waals surface area contributed by atoms with E-state index in [2.05, 4.69) is 25.7 Å². The number of piperidine rings is 1. The van der Waals surface area contributed by atoms with Gasteiger partial charge in [0, 0.05) is 23.5 Å². The Kier molecular flexibility index (Phi) is 4.53. The number of pyridine rings is 1. The normalized spacial score (nSPS) is 15.2. The summed E-state index contributed by atoms with van der Waals surface area (Å²) >= 11 is 1.55. The number of aromatic nitrogens is 4. The summed E-state index contributed by atoms with van der Waals surface area (Å²) in [5.74, 6) is 0.873. The van der Waals surface area contributed by atoms with Crippen molar-refractivity contribution in [1.82, 2.24) is 25.1 Å². The van der Waals surface area contributed by atoms with Crippen molar-refractivity contribution in [1.29, 1.82) is 0 Å². The molecule has 1 saturated heterocycles. The minimum atomic E-state index is -0.264. The number of thiazole rings is 1. The molecular weight excluding hydrogens is 336 g/mol. The van der Waals surface area contributed by atoms with Gasteiger partial charge in [0.2, 0.25) is 0 Å². The third-order valence-electron chi connectivity index (χ3n) is 4.19. The Morgan fingerprint density at radius 2 is 2.16 bits per heavy atom. The number of hydrogen-bond donors (Lipinski definition) is 2. The number of nitrogens with zero attached hydrogens (tertiary/aromatic N) is 4. The Morgan fingerprint density at radius 1 is 1.28 bits per heavy atom. The van der Waals surface area contributed by atoms with Gasteiger partial charge in [-0.15, -0.1) is 11.3 Å². The molecule has 0 atom stereocenters. The number of nitrogens with one attached hydrogen (secondary N) is 2. The van der Waals surface area contributed by atoms with Gasteiger partial charge in [-0.25, -0.2) is 14.6 Å². The highest BCUT2D eigenvalue weighted by Gasteiger charge is 2.19. The molecule has 0 aromatic carbocycles. The average molecular weight is 354 g/mol. The van der Waals surface area contributed by atoms with E-state index in [1.54, 1.807) is 40.5 Å². The Balaban J connectivity index is 1.47. The van der Waals surface area contributed by atoms with Crippen LogP contribution in [0.25, 0.3) is 5.82 Å². The van der Waals surface area contributed by atoms with Crippen LogP contribution in [0, 0.1) is 0 Å². The van der Waals surface area contributed by atoms with E-state index in [4.69, 9.17) is 0 Å². The number of carbonyl (C=O) groups is 1. The fourth-order valence-corrected chi connectivity index (χ4v) is 3.86. The van der Waals surface area contributed by atoms with Crippen LogP contribution < -0.4 is 10.6 Å². The summed E-state index contributed by atoms with van der Waals surface area (Å²) in [6.07, 6.45) is 7.57. The van der Waals surface area contributed by atoms with Crippen molar-refractivity contribution in [2.24, 2.45) is 0 Å². The van der Waals surface area contributed by atoms with E-state index in [1.165, 1.54) is 4.88 Å². The lowest BCUT2D eigenvalue weighted by molar-refractivity contribution is 0.102. The largest absolute Gasteiger partial charge is 0.317 e. The van der Waals surface area contributed by atoms with Gasteiger partial charge >= 0.3 is 0 Å². The molecule has 0 unspecified atom stereocenters. The minimum absolute atomic E-state index is 0.264. The van der Waals surface area contributed by atoms with Crippen molar-refractivity contribution in [2.75, 3.05) is 18.4 Å². The van der Waals surface area contributed by atoms with Crippen molar-refractivity contribution in [3.63, 3.8) is 0 Å². The summed E-state index contributed by atoms with van der Waals surface area (Å²) in [6, 6.07) is 7.10. The lowest BCUT2D eigenvalue weighted by atomic mass is 9.97. The number of rotatable bonds is 4. The van der Waals surface area contributed by atoms with E-state index in [-0.39, 0.29) is 5.91 Å². The number of hydrogen-bond acceptors (Lipinski definition) is 6. The molecule has 4 rings (SSSR count). The molecule has 1 fully saturated rings. The molecular formula is C17H18N6OS. The van der Waals surface area contributed by atoms with Crippen molar-refractivity contribution in [3.05, 3.63) is 53.4 Å². The van der Waals surface area contributed by atoms with Crippen LogP contribution in [0.1, 0.15) is 34.1 Å². The summed E-state index contributed by atoms with van der Waals surface area (Å²) in [5, 5.41) is 11.0. The number of amides is 1. The maximum Gasteiger partial charge on any atom is 0.276 e.